The van der Waals surface area contributed by atoms with Crippen LogP contribution in [0.1, 0.15) is 17.2 Å². The van der Waals surface area contributed by atoms with Gasteiger partial charge in [-0.05, 0) is 12.5 Å². The van der Waals surface area contributed by atoms with Crippen LogP contribution in [-0.4, -0.2) is 21.6 Å². The summed E-state index contributed by atoms with van der Waals surface area (Å²) in [4.78, 5) is 7.96. The van der Waals surface area contributed by atoms with Gasteiger partial charge in [0, 0.05) is 12.1 Å². The molecule has 0 bridgehead atoms. The highest BCUT2D eigenvalue weighted by Crippen LogP contribution is 2.19. The largest absolute Gasteiger partial charge is 0.387 e. The summed E-state index contributed by atoms with van der Waals surface area (Å²) in [7, 11) is 0. The number of halogens is 1. The molecule has 1 heterocycles. The molecule has 2 rings (SSSR count). The summed E-state index contributed by atoms with van der Waals surface area (Å²) in [6, 6.07) is 9.47. The van der Waals surface area contributed by atoms with Crippen LogP contribution < -0.4 is 5.32 Å². The van der Waals surface area contributed by atoms with Crippen LogP contribution in [0.3, 0.4) is 0 Å². The summed E-state index contributed by atoms with van der Waals surface area (Å²) < 4.78 is 0. The van der Waals surface area contributed by atoms with Crippen molar-refractivity contribution in [3.05, 3.63) is 52.9 Å². The summed E-state index contributed by atoms with van der Waals surface area (Å²) in [5.74, 6) is 0.644. The lowest BCUT2D eigenvalue weighted by Crippen LogP contribution is -2.13. The van der Waals surface area contributed by atoms with E-state index in [9.17, 15) is 5.11 Å². The fourth-order valence-corrected chi connectivity index (χ4v) is 1.73. The lowest BCUT2D eigenvalue weighted by atomic mass is 10.1. The highest BCUT2D eigenvalue weighted by Gasteiger charge is 2.09. The van der Waals surface area contributed by atoms with E-state index < -0.39 is 6.10 Å². The first-order valence-electron chi connectivity index (χ1n) is 5.62. The van der Waals surface area contributed by atoms with Crippen LogP contribution in [0.4, 0.5) is 5.82 Å². The van der Waals surface area contributed by atoms with Crippen molar-refractivity contribution in [2.75, 3.05) is 11.9 Å². The number of nitrogens with zero attached hydrogens (tertiary/aromatic N) is 2. The predicted octanol–water partition coefficient (Wildman–Crippen LogP) is 2.58. The van der Waals surface area contributed by atoms with Gasteiger partial charge in [-0.3, -0.25) is 0 Å². The maximum atomic E-state index is 10.0. The number of aromatic nitrogens is 2. The second-order valence-electron chi connectivity index (χ2n) is 3.95. The Morgan fingerprint density at radius 3 is 2.72 bits per heavy atom. The number of aliphatic hydroxyl groups is 1. The van der Waals surface area contributed by atoms with Crippen LogP contribution in [0.5, 0.6) is 0 Å². The van der Waals surface area contributed by atoms with Crippen LogP contribution in [-0.2, 0) is 0 Å². The van der Waals surface area contributed by atoms with Crippen molar-refractivity contribution in [1.29, 1.82) is 0 Å². The van der Waals surface area contributed by atoms with Crippen molar-refractivity contribution in [2.24, 2.45) is 0 Å². The van der Waals surface area contributed by atoms with Gasteiger partial charge < -0.3 is 10.4 Å². The van der Waals surface area contributed by atoms with Gasteiger partial charge in [0.2, 0.25) is 0 Å². The Morgan fingerprint density at radius 2 is 2.00 bits per heavy atom. The molecule has 18 heavy (non-hydrogen) atoms. The molecule has 1 atom stereocenters. The molecule has 0 aliphatic carbocycles. The molecule has 0 aliphatic heterocycles. The van der Waals surface area contributed by atoms with E-state index in [0.29, 0.717) is 17.5 Å². The van der Waals surface area contributed by atoms with Crippen molar-refractivity contribution < 1.29 is 5.11 Å². The predicted molar refractivity (Wildman–Crippen MR) is 71.7 cm³/mol. The Balaban J connectivity index is 2.02. The molecule has 0 saturated heterocycles. The van der Waals surface area contributed by atoms with Gasteiger partial charge in [-0.15, -0.1) is 0 Å². The number of rotatable bonds is 4. The zero-order chi connectivity index (χ0) is 13.0. The van der Waals surface area contributed by atoms with E-state index in [4.69, 9.17) is 11.6 Å². The first kappa shape index (κ1) is 12.8. The Morgan fingerprint density at radius 1 is 1.28 bits per heavy atom. The zero-order valence-corrected chi connectivity index (χ0v) is 10.7. The molecule has 0 fully saturated rings. The van der Waals surface area contributed by atoms with Crippen molar-refractivity contribution in [1.82, 2.24) is 9.97 Å². The van der Waals surface area contributed by atoms with Crippen molar-refractivity contribution in [2.45, 2.75) is 13.0 Å². The second kappa shape index (κ2) is 5.80. The molecule has 1 aromatic heterocycles. The maximum Gasteiger partial charge on any atom is 0.137 e. The zero-order valence-electron chi connectivity index (χ0n) is 9.97. The first-order valence-corrected chi connectivity index (χ1v) is 6.00. The van der Waals surface area contributed by atoms with E-state index in [1.807, 2.05) is 37.3 Å². The molecule has 0 unspecified atom stereocenters. The molecule has 0 spiro atoms. The average molecular weight is 264 g/mol. The van der Waals surface area contributed by atoms with Gasteiger partial charge in [0.25, 0.3) is 0 Å². The van der Waals surface area contributed by atoms with Gasteiger partial charge in [-0.25, -0.2) is 9.97 Å². The molecule has 0 radical (unpaired) electrons. The molecule has 0 saturated carbocycles. The summed E-state index contributed by atoms with van der Waals surface area (Å²) >= 11 is 5.89. The van der Waals surface area contributed by atoms with Crippen LogP contribution in [0, 0.1) is 6.92 Å². The lowest BCUT2D eigenvalue weighted by Gasteiger charge is -2.13. The summed E-state index contributed by atoms with van der Waals surface area (Å²) in [6.45, 7) is 2.21. The fourth-order valence-electron chi connectivity index (χ4n) is 1.59. The Hall–Kier alpha value is -1.65. The summed E-state index contributed by atoms with van der Waals surface area (Å²) in [6.07, 6.45) is 0.811. The van der Waals surface area contributed by atoms with E-state index in [2.05, 4.69) is 15.3 Å². The SMILES string of the molecule is Cc1c(Cl)ncnc1NC[C@H](O)c1ccccc1. The number of benzene rings is 1. The molecular formula is C13H14ClN3O. The molecule has 0 amide bonds. The fraction of sp³-hybridized carbons (Fsp3) is 0.231. The van der Waals surface area contributed by atoms with Gasteiger partial charge in [0.15, 0.2) is 0 Å². The second-order valence-corrected chi connectivity index (χ2v) is 4.30. The van der Waals surface area contributed by atoms with Crippen molar-refractivity contribution in [3.63, 3.8) is 0 Å². The molecular weight excluding hydrogens is 250 g/mol. The maximum absolute atomic E-state index is 10.0. The van der Waals surface area contributed by atoms with Crippen molar-refractivity contribution >= 4 is 17.4 Å². The minimum absolute atomic E-state index is 0.373. The third-order valence-corrected chi connectivity index (χ3v) is 3.05. The van der Waals surface area contributed by atoms with E-state index >= 15 is 0 Å². The highest BCUT2D eigenvalue weighted by molar-refractivity contribution is 6.30. The number of hydrogen-bond donors (Lipinski definition) is 2. The molecule has 2 N–H and O–H groups in total. The van der Waals surface area contributed by atoms with Gasteiger partial charge in [0.1, 0.15) is 17.3 Å². The minimum atomic E-state index is -0.584. The van der Waals surface area contributed by atoms with Gasteiger partial charge >= 0.3 is 0 Å². The summed E-state index contributed by atoms with van der Waals surface area (Å²) in [5.41, 5.74) is 1.64. The third-order valence-electron chi connectivity index (χ3n) is 2.67. The number of aliphatic hydroxyl groups excluding tert-OH is 1. The lowest BCUT2D eigenvalue weighted by molar-refractivity contribution is 0.191. The van der Waals surface area contributed by atoms with Crippen LogP contribution in [0.25, 0.3) is 0 Å². The molecule has 94 valence electrons. The molecule has 0 aliphatic rings. The number of nitrogens with one attached hydrogen (secondary N) is 1. The molecule has 5 heteroatoms. The van der Waals surface area contributed by atoms with E-state index in [1.54, 1.807) is 0 Å². The van der Waals surface area contributed by atoms with Crippen molar-refractivity contribution in [3.8, 4) is 0 Å². The standard InChI is InChI=1S/C13H14ClN3O/c1-9-12(14)16-8-17-13(9)15-7-11(18)10-5-3-2-4-6-10/h2-6,8,11,18H,7H2,1H3,(H,15,16,17)/t11-/m0/s1. The first-order chi connectivity index (χ1) is 8.68. The van der Waals surface area contributed by atoms with Crippen LogP contribution >= 0.6 is 11.6 Å². The van der Waals surface area contributed by atoms with Gasteiger partial charge in [-0.1, -0.05) is 41.9 Å². The monoisotopic (exact) mass is 263 g/mol. The highest BCUT2D eigenvalue weighted by atomic mass is 35.5. The Labute approximate surface area is 111 Å². The number of anilines is 1. The van der Waals surface area contributed by atoms with E-state index in [1.165, 1.54) is 6.33 Å². The smallest absolute Gasteiger partial charge is 0.137 e. The molecule has 4 nitrogen and oxygen atoms in total. The third kappa shape index (κ3) is 2.97. The molecule has 1 aromatic carbocycles. The average Bonchev–Trinajstić information content (AvgIpc) is 2.41. The normalized spacial score (nSPS) is 12.2. The molecule has 2 aromatic rings. The topological polar surface area (TPSA) is 58.0 Å². The van der Waals surface area contributed by atoms with E-state index in [-0.39, 0.29) is 0 Å². The van der Waals surface area contributed by atoms with Gasteiger partial charge in [-0.2, -0.15) is 0 Å². The minimum Gasteiger partial charge on any atom is -0.387 e. The quantitative estimate of drug-likeness (QED) is 0.833. The number of hydrogen-bond acceptors (Lipinski definition) is 4. The Bertz CT molecular complexity index is 519. The van der Waals surface area contributed by atoms with E-state index in [0.717, 1.165) is 11.1 Å². The van der Waals surface area contributed by atoms with Gasteiger partial charge in [0.05, 0.1) is 6.10 Å². The Kier molecular flexibility index (Phi) is 4.12. The summed E-state index contributed by atoms with van der Waals surface area (Å²) in [5, 5.41) is 13.5. The van der Waals surface area contributed by atoms with Crippen LogP contribution in [0.15, 0.2) is 36.7 Å². The van der Waals surface area contributed by atoms with Crippen LogP contribution in [0.2, 0.25) is 5.15 Å².